The largest absolute Gasteiger partial charge is 0.311 e. The Balaban J connectivity index is 1.30. The molecule has 2 aromatic carbocycles. The van der Waals surface area contributed by atoms with E-state index in [2.05, 4.69) is 29.2 Å². The van der Waals surface area contributed by atoms with Crippen LogP contribution < -0.4 is 5.56 Å². The predicted octanol–water partition coefficient (Wildman–Crippen LogP) is 5.49. The lowest BCUT2D eigenvalue weighted by Gasteiger charge is -2.43. The average Bonchev–Trinajstić information content (AvgIpc) is 3.20. The fraction of sp³-hybridized carbons (Fsp3) is 0.269. The van der Waals surface area contributed by atoms with Crippen molar-refractivity contribution in [3.05, 3.63) is 94.2 Å². The number of piperidine rings is 1. The van der Waals surface area contributed by atoms with Crippen molar-refractivity contribution < 1.29 is 4.39 Å². The first-order valence-electron chi connectivity index (χ1n) is 10.8. The monoisotopic (exact) mass is 430 g/mol. The molecule has 4 aromatic rings. The van der Waals surface area contributed by atoms with Gasteiger partial charge in [-0.25, -0.2) is 4.39 Å². The van der Waals surface area contributed by atoms with Crippen LogP contribution >= 0.6 is 11.3 Å². The summed E-state index contributed by atoms with van der Waals surface area (Å²) in [5.74, 6) is 0.654. The van der Waals surface area contributed by atoms with Gasteiger partial charge in [-0.15, -0.1) is 11.3 Å². The molecule has 2 aliphatic rings. The first-order chi connectivity index (χ1) is 15.1. The number of aromatic nitrogens is 1. The summed E-state index contributed by atoms with van der Waals surface area (Å²) in [6, 6.07) is 21.4. The Morgan fingerprint density at radius 3 is 2.65 bits per heavy atom. The normalized spacial score (nSPS) is 20.7. The van der Waals surface area contributed by atoms with Gasteiger partial charge in [-0.05, 0) is 59.7 Å². The van der Waals surface area contributed by atoms with Crippen LogP contribution in [0.5, 0.6) is 0 Å². The minimum atomic E-state index is -0.193. The molecule has 3 nitrogen and oxygen atoms in total. The Morgan fingerprint density at radius 1 is 0.968 bits per heavy atom. The number of fused-ring (bicyclic) bond motifs is 5. The first-order valence-corrected chi connectivity index (χ1v) is 11.7. The lowest BCUT2D eigenvalue weighted by Crippen LogP contribution is -2.46. The van der Waals surface area contributed by atoms with Crippen LogP contribution in [-0.4, -0.2) is 22.6 Å². The molecule has 2 aromatic heterocycles. The molecular weight excluding hydrogens is 407 g/mol. The van der Waals surface area contributed by atoms with Crippen molar-refractivity contribution in [2.45, 2.75) is 25.4 Å². The number of rotatable bonds is 3. The minimum Gasteiger partial charge on any atom is -0.311 e. The molecule has 31 heavy (non-hydrogen) atoms. The van der Waals surface area contributed by atoms with Gasteiger partial charge < -0.3 is 4.57 Å². The van der Waals surface area contributed by atoms with Gasteiger partial charge in [0.15, 0.2) is 0 Å². The van der Waals surface area contributed by atoms with E-state index in [1.807, 2.05) is 34.9 Å². The van der Waals surface area contributed by atoms with Crippen LogP contribution in [-0.2, 0) is 13.1 Å². The maximum Gasteiger partial charge on any atom is 0.259 e. The van der Waals surface area contributed by atoms with Crippen molar-refractivity contribution in [3.8, 4) is 10.4 Å². The summed E-state index contributed by atoms with van der Waals surface area (Å²) >= 11 is 1.69. The van der Waals surface area contributed by atoms with E-state index in [9.17, 15) is 9.18 Å². The van der Waals surface area contributed by atoms with Crippen molar-refractivity contribution in [2.24, 2.45) is 5.92 Å². The maximum atomic E-state index is 13.4. The van der Waals surface area contributed by atoms with Crippen LogP contribution in [0.15, 0.2) is 71.5 Å². The molecule has 0 amide bonds. The molecule has 0 aliphatic carbocycles. The zero-order chi connectivity index (χ0) is 20.9. The van der Waals surface area contributed by atoms with Crippen LogP contribution in [0.3, 0.4) is 0 Å². The SMILES string of the molecule is O=c1c(-c2cc3ccccc3s2)ccc2n1CC1CC2CN(Cc2ccc(F)cc2)C1. The summed E-state index contributed by atoms with van der Waals surface area (Å²) in [4.78, 5) is 17.0. The summed E-state index contributed by atoms with van der Waals surface area (Å²) in [5.41, 5.74) is 3.26. The number of benzene rings is 2. The molecule has 0 radical (unpaired) electrons. The van der Waals surface area contributed by atoms with Gasteiger partial charge in [0.1, 0.15) is 5.82 Å². The summed E-state index contributed by atoms with van der Waals surface area (Å²) in [7, 11) is 0. The number of nitrogens with zero attached hydrogens (tertiary/aromatic N) is 2. The summed E-state index contributed by atoms with van der Waals surface area (Å²) in [6.45, 7) is 3.53. The number of hydrogen-bond acceptors (Lipinski definition) is 3. The van der Waals surface area contributed by atoms with E-state index >= 15 is 0 Å². The molecule has 0 saturated carbocycles. The third kappa shape index (κ3) is 3.42. The molecule has 0 N–H and O–H groups in total. The van der Waals surface area contributed by atoms with Crippen molar-refractivity contribution in [1.29, 1.82) is 0 Å². The van der Waals surface area contributed by atoms with Gasteiger partial charge in [-0.2, -0.15) is 0 Å². The third-order valence-electron chi connectivity index (χ3n) is 6.69. The molecule has 4 heterocycles. The molecule has 156 valence electrons. The molecule has 2 aliphatic heterocycles. The highest BCUT2D eigenvalue weighted by atomic mass is 32.1. The average molecular weight is 431 g/mol. The van der Waals surface area contributed by atoms with Crippen LogP contribution in [0, 0.1) is 11.7 Å². The summed E-state index contributed by atoms with van der Waals surface area (Å²) < 4.78 is 16.5. The van der Waals surface area contributed by atoms with Gasteiger partial charge in [0.25, 0.3) is 5.56 Å². The quantitative estimate of drug-likeness (QED) is 0.430. The van der Waals surface area contributed by atoms with Gasteiger partial charge >= 0.3 is 0 Å². The summed E-state index contributed by atoms with van der Waals surface area (Å²) in [6.07, 6.45) is 1.14. The molecule has 2 unspecified atom stereocenters. The van der Waals surface area contributed by atoms with E-state index in [0.717, 1.165) is 54.3 Å². The number of pyridine rings is 1. The van der Waals surface area contributed by atoms with Gasteiger partial charge in [-0.1, -0.05) is 30.3 Å². The van der Waals surface area contributed by atoms with Crippen LogP contribution in [0.2, 0.25) is 0 Å². The number of thiophene rings is 1. The number of halogens is 1. The highest BCUT2D eigenvalue weighted by Crippen LogP contribution is 2.37. The smallest absolute Gasteiger partial charge is 0.259 e. The van der Waals surface area contributed by atoms with E-state index < -0.39 is 0 Å². The topological polar surface area (TPSA) is 25.2 Å². The Morgan fingerprint density at radius 2 is 1.81 bits per heavy atom. The fourth-order valence-corrected chi connectivity index (χ4v) is 6.40. The molecule has 1 saturated heterocycles. The van der Waals surface area contributed by atoms with E-state index in [1.54, 1.807) is 11.3 Å². The third-order valence-corrected chi connectivity index (χ3v) is 7.84. The van der Waals surface area contributed by atoms with E-state index in [1.165, 1.54) is 22.2 Å². The molecule has 6 rings (SSSR count). The second kappa shape index (κ2) is 7.43. The Hall–Kier alpha value is -2.76. The second-order valence-corrected chi connectivity index (χ2v) is 9.94. The van der Waals surface area contributed by atoms with Crippen LogP contribution in [0.1, 0.15) is 23.6 Å². The molecule has 0 spiro atoms. The molecule has 2 bridgehead atoms. The zero-order valence-electron chi connectivity index (χ0n) is 17.1. The first kappa shape index (κ1) is 19.0. The molecule has 2 atom stereocenters. The van der Waals surface area contributed by atoms with Crippen molar-refractivity contribution in [1.82, 2.24) is 9.47 Å². The predicted molar refractivity (Wildman–Crippen MR) is 124 cm³/mol. The standard InChI is InChI=1S/C26H23FN2OS/c27-21-7-5-17(6-8-21)13-28-14-18-11-20(16-28)23-10-9-22(26(30)29(23)15-18)25-12-19-3-1-2-4-24(19)31-25/h1-10,12,18,20H,11,13-16H2. The van der Waals surface area contributed by atoms with Crippen molar-refractivity contribution in [2.75, 3.05) is 13.1 Å². The highest BCUT2D eigenvalue weighted by Gasteiger charge is 2.35. The minimum absolute atomic E-state index is 0.144. The molecular formula is C26H23FN2OS. The van der Waals surface area contributed by atoms with Crippen LogP contribution in [0.4, 0.5) is 4.39 Å². The zero-order valence-corrected chi connectivity index (χ0v) is 17.9. The fourth-order valence-electron chi connectivity index (χ4n) is 5.32. The van der Waals surface area contributed by atoms with E-state index in [0.29, 0.717) is 11.8 Å². The molecule has 5 heteroatoms. The maximum absolute atomic E-state index is 13.4. The van der Waals surface area contributed by atoms with E-state index in [4.69, 9.17) is 0 Å². The van der Waals surface area contributed by atoms with Crippen LogP contribution in [0.25, 0.3) is 20.5 Å². The summed E-state index contributed by atoms with van der Waals surface area (Å²) in [5, 5.41) is 1.19. The second-order valence-electron chi connectivity index (χ2n) is 8.86. The van der Waals surface area contributed by atoms with Gasteiger partial charge in [0, 0.05) is 47.4 Å². The van der Waals surface area contributed by atoms with Gasteiger partial charge in [0.2, 0.25) is 0 Å². The van der Waals surface area contributed by atoms with Gasteiger partial charge in [-0.3, -0.25) is 9.69 Å². The Labute approximate surface area is 184 Å². The van der Waals surface area contributed by atoms with Crippen molar-refractivity contribution in [3.63, 3.8) is 0 Å². The lowest BCUT2D eigenvalue weighted by atomic mass is 9.82. The number of hydrogen-bond donors (Lipinski definition) is 0. The van der Waals surface area contributed by atoms with Gasteiger partial charge in [0.05, 0.1) is 5.56 Å². The Bertz CT molecular complexity index is 1290. The van der Waals surface area contributed by atoms with E-state index in [-0.39, 0.29) is 11.4 Å². The van der Waals surface area contributed by atoms with Crippen molar-refractivity contribution >= 4 is 21.4 Å². The molecule has 1 fully saturated rings. The highest BCUT2D eigenvalue weighted by molar-refractivity contribution is 7.22. The number of likely N-dealkylation sites (tertiary alicyclic amines) is 1. The lowest BCUT2D eigenvalue weighted by molar-refractivity contribution is 0.114. The Kier molecular flexibility index (Phi) is 4.55.